The second-order valence-electron chi connectivity index (χ2n) is 3.77. The van der Waals surface area contributed by atoms with Gasteiger partial charge in [0.1, 0.15) is 12.7 Å². The fraction of sp³-hybridized carbons (Fsp3) is 0.455. The fourth-order valence-corrected chi connectivity index (χ4v) is 1.65. The summed E-state index contributed by atoms with van der Waals surface area (Å²) in [6, 6.07) is 4.74. The predicted molar refractivity (Wildman–Crippen MR) is 68.0 cm³/mol. The molecule has 0 heterocycles. The number of aliphatic hydroxyl groups is 1. The van der Waals surface area contributed by atoms with E-state index in [1.807, 2.05) is 5.48 Å². The van der Waals surface area contributed by atoms with Crippen LogP contribution in [0.4, 0.5) is 13.2 Å². The first kappa shape index (κ1) is 17.3. The second-order valence-corrected chi connectivity index (χ2v) is 4.58. The maximum Gasteiger partial charge on any atom is 0.413 e. The molecular formula is C11H12Cl2F3NO3. The summed E-state index contributed by atoms with van der Waals surface area (Å²) in [6.45, 7) is -1.89. The van der Waals surface area contributed by atoms with Crippen molar-refractivity contribution in [1.29, 1.82) is 0 Å². The molecule has 20 heavy (non-hydrogen) atoms. The van der Waals surface area contributed by atoms with Crippen LogP contribution >= 0.6 is 23.2 Å². The SMILES string of the molecule is OC(CNOCC(F)(F)F)COc1c(Cl)cccc1Cl. The van der Waals surface area contributed by atoms with Crippen molar-refractivity contribution in [1.82, 2.24) is 5.48 Å². The van der Waals surface area contributed by atoms with Crippen LogP contribution < -0.4 is 10.2 Å². The third kappa shape index (κ3) is 6.62. The molecule has 1 unspecified atom stereocenters. The van der Waals surface area contributed by atoms with Crippen molar-refractivity contribution >= 4 is 23.2 Å². The Bertz CT molecular complexity index is 412. The lowest BCUT2D eigenvalue weighted by Crippen LogP contribution is -2.34. The summed E-state index contributed by atoms with van der Waals surface area (Å²) in [6.07, 6.45) is -5.52. The van der Waals surface area contributed by atoms with Crippen LogP contribution in [0.3, 0.4) is 0 Å². The lowest BCUT2D eigenvalue weighted by molar-refractivity contribution is -0.191. The van der Waals surface area contributed by atoms with E-state index in [1.165, 1.54) is 0 Å². The van der Waals surface area contributed by atoms with Gasteiger partial charge >= 0.3 is 6.18 Å². The zero-order valence-electron chi connectivity index (χ0n) is 10.1. The number of nitrogens with one attached hydrogen (secondary N) is 1. The van der Waals surface area contributed by atoms with Gasteiger partial charge < -0.3 is 9.84 Å². The number of hydrogen-bond donors (Lipinski definition) is 2. The van der Waals surface area contributed by atoms with E-state index < -0.39 is 18.9 Å². The molecule has 1 rings (SSSR count). The van der Waals surface area contributed by atoms with E-state index in [0.29, 0.717) is 0 Å². The average molecular weight is 334 g/mol. The van der Waals surface area contributed by atoms with E-state index in [-0.39, 0.29) is 28.9 Å². The molecule has 0 aliphatic heterocycles. The highest BCUT2D eigenvalue weighted by molar-refractivity contribution is 6.37. The molecule has 4 nitrogen and oxygen atoms in total. The monoisotopic (exact) mass is 333 g/mol. The molecule has 0 bridgehead atoms. The Labute approximate surface area is 123 Å². The minimum absolute atomic E-state index is 0.200. The minimum atomic E-state index is -4.43. The molecule has 0 saturated heterocycles. The highest BCUT2D eigenvalue weighted by atomic mass is 35.5. The molecule has 0 fully saturated rings. The second kappa shape index (κ2) is 7.90. The van der Waals surface area contributed by atoms with Gasteiger partial charge in [-0.25, -0.2) is 0 Å². The molecule has 0 aliphatic rings. The van der Waals surface area contributed by atoms with E-state index in [4.69, 9.17) is 27.9 Å². The van der Waals surface area contributed by atoms with Gasteiger partial charge in [-0.3, -0.25) is 4.84 Å². The zero-order valence-corrected chi connectivity index (χ0v) is 11.6. The number of alkyl halides is 3. The summed E-state index contributed by atoms with van der Waals surface area (Å²) in [7, 11) is 0. The first-order valence-electron chi connectivity index (χ1n) is 5.46. The normalized spacial score (nSPS) is 13.3. The number of ether oxygens (including phenoxy) is 1. The van der Waals surface area contributed by atoms with E-state index in [9.17, 15) is 18.3 Å². The number of halogens is 5. The van der Waals surface area contributed by atoms with Crippen LogP contribution in [0, 0.1) is 0 Å². The van der Waals surface area contributed by atoms with Gasteiger partial charge in [0.05, 0.1) is 16.6 Å². The Morgan fingerprint density at radius 2 is 1.85 bits per heavy atom. The average Bonchev–Trinajstić information content (AvgIpc) is 2.33. The van der Waals surface area contributed by atoms with Crippen molar-refractivity contribution < 1.29 is 27.9 Å². The van der Waals surface area contributed by atoms with Gasteiger partial charge in [-0.05, 0) is 12.1 Å². The summed E-state index contributed by atoms with van der Waals surface area (Å²) in [4.78, 5) is 4.13. The van der Waals surface area contributed by atoms with Gasteiger partial charge in [0.15, 0.2) is 12.4 Å². The van der Waals surface area contributed by atoms with Gasteiger partial charge in [-0.1, -0.05) is 29.3 Å². The van der Waals surface area contributed by atoms with Crippen LogP contribution in [-0.4, -0.2) is 37.1 Å². The predicted octanol–water partition coefficient (Wildman–Crippen LogP) is 2.82. The van der Waals surface area contributed by atoms with Gasteiger partial charge in [0, 0.05) is 0 Å². The number of benzene rings is 1. The summed E-state index contributed by atoms with van der Waals surface area (Å²) >= 11 is 11.7. The maximum absolute atomic E-state index is 11.8. The lowest BCUT2D eigenvalue weighted by Gasteiger charge is -2.15. The Hall–Kier alpha value is -0.730. The molecule has 0 saturated carbocycles. The number of para-hydroxylation sites is 1. The van der Waals surface area contributed by atoms with Crippen molar-refractivity contribution in [2.45, 2.75) is 12.3 Å². The van der Waals surface area contributed by atoms with E-state index in [1.54, 1.807) is 18.2 Å². The van der Waals surface area contributed by atoms with Crippen molar-refractivity contribution in [2.24, 2.45) is 0 Å². The number of rotatable bonds is 7. The largest absolute Gasteiger partial charge is 0.488 e. The number of hydroxylamine groups is 1. The molecule has 1 atom stereocenters. The molecule has 114 valence electrons. The van der Waals surface area contributed by atoms with Crippen LogP contribution in [-0.2, 0) is 4.84 Å². The van der Waals surface area contributed by atoms with Gasteiger partial charge in [0.2, 0.25) is 0 Å². The van der Waals surface area contributed by atoms with Crippen LogP contribution in [0.5, 0.6) is 5.75 Å². The quantitative estimate of drug-likeness (QED) is 0.595. The third-order valence-electron chi connectivity index (χ3n) is 2.00. The van der Waals surface area contributed by atoms with E-state index in [0.717, 1.165) is 0 Å². The zero-order chi connectivity index (χ0) is 15.2. The molecule has 1 aromatic carbocycles. The van der Waals surface area contributed by atoms with Crippen molar-refractivity contribution in [3.63, 3.8) is 0 Å². The summed E-state index contributed by atoms with van der Waals surface area (Å²) in [5.41, 5.74) is 1.99. The van der Waals surface area contributed by atoms with E-state index >= 15 is 0 Å². The summed E-state index contributed by atoms with van der Waals surface area (Å²) < 4.78 is 40.5. The van der Waals surface area contributed by atoms with Crippen LogP contribution in [0.15, 0.2) is 18.2 Å². The smallest absolute Gasteiger partial charge is 0.413 e. The maximum atomic E-state index is 11.8. The number of hydrogen-bond acceptors (Lipinski definition) is 4. The molecule has 0 radical (unpaired) electrons. The highest BCUT2D eigenvalue weighted by Crippen LogP contribution is 2.32. The van der Waals surface area contributed by atoms with Crippen molar-refractivity contribution in [3.8, 4) is 5.75 Å². The van der Waals surface area contributed by atoms with Crippen molar-refractivity contribution in [3.05, 3.63) is 28.2 Å². The van der Waals surface area contributed by atoms with E-state index in [2.05, 4.69) is 4.84 Å². The third-order valence-corrected chi connectivity index (χ3v) is 2.59. The summed E-state index contributed by atoms with van der Waals surface area (Å²) in [5.74, 6) is 0.200. The Morgan fingerprint density at radius 1 is 1.25 bits per heavy atom. The molecular weight excluding hydrogens is 322 g/mol. The summed E-state index contributed by atoms with van der Waals surface area (Å²) in [5, 5.41) is 10.0. The van der Waals surface area contributed by atoms with Gasteiger partial charge in [-0.2, -0.15) is 18.7 Å². The molecule has 0 spiro atoms. The molecule has 2 N–H and O–H groups in total. The van der Waals surface area contributed by atoms with Gasteiger partial charge in [0.25, 0.3) is 0 Å². The topological polar surface area (TPSA) is 50.7 Å². The fourth-order valence-electron chi connectivity index (χ4n) is 1.15. The number of aliphatic hydroxyl groups excluding tert-OH is 1. The molecule has 0 amide bonds. The Morgan fingerprint density at radius 3 is 2.40 bits per heavy atom. The lowest BCUT2D eigenvalue weighted by atomic mass is 10.3. The Kier molecular flexibility index (Phi) is 6.84. The van der Waals surface area contributed by atoms with Crippen molar-refractivity contribution in [2.75, 3.05) is 19.8 Å². The molecule has 0 aromatic heterocycles. The molecule has 1 aromatic rings. The highest BCUT2D eigenvalue weighted by Gasteiger charge is 2.27. The minimum Gasteiger partial charge on any atom is -0.488 e. The first-order valence-corrected chi connectivity index (χ1v) is 6.21. The van der Waals surface area contributed by atoms with Crippen LogP contribution in [0.1, 0.15) is 0 Å². The van der Waals surface area contributed by atoms with Crippen LogP contribution in [0.2, 0.25) is 10.0 Å². The Balaban J connectivity index is 2.28. The molecule has 9 heteroatoms. The first-order chi connectivity index (χ1) is 9.29. The standard InChI is InChI=1S/C11H12Cl2F3NO3/c12-8-2-1-3-9(13)10(8)19-5-7(18)4-17-20-6-11(14,15)16/h1-3,7,17-18H,4-6H2. The van der Waals surface area contributed by atoms with Gasteiger partial charge in [-0.15, -0.1) is 0 Å². The molecule has 0 aliphatic carbocycles. The van der Waals surface area contributed by atoms with Crippen LogP contribution in [0.25, 0.3) is 0 Å².